The Kier molecular flexibility index (Phi) is 8.13. The summed E-state index contributed by atoms with van der Waals surface area (Å²) in [5.74, 6) is 0.597. The first kappa shape index (κ1) is 25.8. The van der Waals surface area contributed by atoms with E-state index < -0.39 is 5.91 Å². The molecular weight excluding hydrogens is 452 g/mol. The molecule has 0 atom stereocenters. The number of aromatic nitrogens is 3. The van der Waals surface area contributed by atoms with Crippen LogP contribution in [-0.2, 0) is 5.41 Å². The molecule has 3 aromatic rings. The first-order valence-corrected chi connectivity index (χ1v) is 11.1. The number of rotatable bonds is 10. The monoisotopic (exact) mass is 484 g/mol. The third-order valence-electron chi connectivity index (χ3n) is 5.09. The molecule has 11 heteroatoms. The number of carbonyl (C=O) groups is 1. The molecule has 0 aliphatic heterocycles. The number of aryl methyl sites for hydroxylation is 1. The first-order valence-electron chi connectivity index (χ1n) is 11.1. The van der Waals surface area contributed by atoms with Gasteiger partial charge in [-0.1, -0.05) is 32.9 Å². The SMILES string of the molecule is CNCCNc1nc(OC)c(NC(=O)c2coc(Oc3cc(C(C)(C)C)ccc3C)n2)c(OC)n1. The smallest absolute Gasteiger partial charge is 0.399 e. The average molecular weight is 485 g/mol. The second-order valence-electron chi connectivity index (χ2n) is 8.76. The van der Waals surface area contributed by atoms with E-state index in [9.17, 15) is 4.79 Å². The number of nitrogens with one attached hydrogen (secondary N) is 3. The number of hydrogen-bond acceptors (Lipinski definition) is 10. The minimum atomic E-state index is -0.570. The molecule has 2 heterocycles. The molecule has 1 amide bonds. The van der Waals surface area contributed by atoms with E-state index in [2.05, 4.69) is 57.7 Å². The standard InChI is InChI=1S/C24H32N6O5/c1-14-8-9-15(24(2,3)4)12-17(14)35-23-27-16(13-34-23)19(31)28-18-20(32-6)29-22(26-11-10-25-5)30-21(18)33-7/h8-9,12-13,25H,10-11H2,1-7H3,(H,28,31)(H,26,29,30). The summed E-state index contributed by atoms with van der Waals surface area (Å²) in [4.78, 5) is 25.6. The van der Waals surface area contributed by atoms with Gasteiger partial charge in [-0.15, -0.1) is 0 Å². The van der Waals surface area contributed by atoms with E-state index >= 15 is 0 Å². The van der Waals surface area contributed by atoms with Crippen LogP contribution in [0.2, 0.25) is 0 Å². The molecule has 0 saturated heterocycles. The molecule has 0 spiro atoms. The largest absolute Gasteiger partial charge is 0.479 e. The van der Waals surface area contributed by atoms with Crippen LogP contribution in [0.5, 0.6) is 23.6 Å². The van der Waals surface area contributed by atoms with Crippen LogP contribution in [0.25, 0.3) is 0 Å². The van der Waals surface area contributed by atoms with Crippen LogP contribution in [0, 0.1) is 6.92 Å². The molecule has 0 fully saturated rings. The zero-order chi connectivity index (χ0) is 25.6. The Hall–Kier alpha value is -3.86. The van der Waals surface area contributed by atoms with Gasteiger partial charge in [0.25, 0.3) is 5.91 Å². The molecule has 3 N–H and O–H groups in total. The van der Waals surface area contributed by atoms with Crippen molar-refractivity contribution >= 4 is 17.5 Å². The van der Waals surface area contributed by atoms with Crippen LogP contribution in [0.15, 0.2) is 28.9 Å². The molecule has 0 saturated carbocycles. The van der Waals surface area contributed by atoms with Crippen LogP contribution < -0.4 is 30.2 Å². The number of anilines is 2. The van der Waals surface area contributed by atoms with E-state index in [-0.39, 0.29) is 34.6 Å². The minimum Gasteiger partial charge on any atom is -0.479 e. The highest BCUT2D eigenvalue weighted by Crippen LogP contribution is 2.34. The summed E-state index contributed by atoms with van der Waals surface area (Å²) in [5, 5.41) is 8.74. The van der Waals surface area contributed by atoms with Crippen molar-refractivity contribution in [3.8, 4) is 23.6 Å². The number of carbonyl (C=O) groups excluding carboxylic acids is 1. The van der Waals surface area contributed by atoms with Crippen molar-refractivity contribution in [1.29, 1.82) is 0 Å². The van der Waals surface area contributed by atoms with Crippen LogP contribution in [0.4, 0.5) is 11.6 Å². The van der Waals surface area contributed by atoms with Gasteiger partial charge in [0, 0.05) is 13.1 Å². The van der Waals surface area contributed by atoms with Gasteiger partial charge in [0.2, 0.25) is 17.7 Å². The number of nitrogens with zero attached hydrogens (tertiary/aromatic N) is 3. The molecule has 188 valence electrons. The van der Waals surface area contributed by atoms with E-state index in [1.165, 1.54) is 20.5 Å². The second kappa shape index (κ2) is 11.0. The van der Waals surface area contributed by atoms with Crippen LogP contribution >= 0.6 is 0 Å². The van der Waals surface area contributed by atoms with Gasteiger partial charge in [-0.3, -0.25) is 4.79 Å². The fraction of sp³-hybridized carbons (Fsp3) is 0.417. The summed E-state index contributed by atoms with van der Waals surface area (Å²) in [6.07, 6.45) is 1.16. The highest BCUT2D eigenvalue weighted by molar-refractivity contribution is 6.04. The molecule has 0 aliphatic rings. The lowest BCUT2D eigenvalue weighted by Crippen LogP contribution is -2.20. The summed E-state index contributed by atoms with van der Waals surface area (Å²) >= 11 is 0. The highest BCUT2D eigenvalue weighted by atomic mass is 16.6. The lowest BCUT2D eigenvalue weighted by molar-refractivity contribution is 0.102. The van der Waals surface area contributed by atoms with Gasteiger partial charge < -0.3 is 34.6 Å². The second-order valence-corrected chi connectivity index (χ2v) is 8.76. The Morgan fingerprint density at radius 1 is 1.06 bits per heavy atom. The van der Waals surface area contributed by atoms with Crippen molar-refractivity contribution in [2.24, 2.45) is 0 Å². The van der Waals surface area contributed by atoms with Crippen molar-refractivity contribution in [2.75, 3.05) is 45.0 Å². The number of benzene rings is 1. The summed E-state index contributed by atoms with van der Waals surface area (Å²) in [6, 6.07) is 5.97. The summed E-state index contributed by atoms with van der Waals surface area (Å²) in [7, 11) is 4.71. The first-order chi connectivity index (χ1) is 16.7. The van der Waals surface area contributed by atoms with Crippen molar-refractivity contribution in [3.05, 3.63) is 41.3 Å². The molecule has 0 radical (unpaired) electrons. The Balaban J connectivity index is 1.78. The number of oxazole rings is 1. The maximum absolute atomic E-state index is 12.9. The number of amides is 1. The number of hydrogen-bond donors (Lipinski definition) is 3. The van der Waals surface area contributed by atoms with E-state index in [1.54, 1.807) is 0 Å². The Bertz CT molecular complexity index is 1150. The lowest BCUT2D eigenvalue weighted by atomic mass is 9.86. The molecule has 35 heavy (non-hydrogen) atoms. The Morgan fingerprint density at radius 3 is 2.34 bits per heavy atom. The van der Waals surface area contributed by atoms with Gasteiger partial charge in [0.05, 0.1) is 14.2 Å². The van der Waals surface area contributed by atoms with Gasteiger partial charge in [-0.25, -0.2) is 0 Å². The van der Waals surface area contributed by atoms with Crippen molar-refractivity contribution in [1.82, 2.24) is 20.3 Å². The topological polar surface area (TPSA) is 133 Å². The van der Waals surface area contributed by atoms with Gasteiger partial charge in [0.1, 0.15) is 12.0 Å². The van der Waals surface area contributed by atoms with Gasteiger partial charge in [-0.05, 0) is 36.6 Å². The quantitative estimate of drug-likeness (QED) is 0.365. The Morgan fingerprint density at radius 2 is 1.74 bits per heavy atom. The zero-order valence-electron chi connectivity index (χ0n) is 21.1. The number of methoxy groups -OCH3 is 2. The molecule has 11 nitrogen and oxygen atoms in total. The van der Waals surface area contributed by atoms with E-state index in [0.717, 1.165) is 11.1 Å². The zero-order valence-corrected chi connectivity index (χ0v) is 21.1. The van der Waals surface area contributed by atoms with E-state index in [0.29, 0.717) is 24.8 Å². The molecule has 1 aromatic carbocycles. The predicted octanol–water partition coefficient (Wildman–Crippen LogP) is 3.76. The van der Waals surface area contributed by atoms with Crippen LogP contribution in [0.1, 0.15) is 42.4 Å². The van der Waals surface area contributed by atoms with Crippen molar-refractivity contribution in [3.63, 3.8) is 0 Å². The third kappa shape index (κ3) is 6.38. The summed E-state index contributed by atoms with van der Waals surface area (Å²) in [5.41, 5.74) is 2.14. The number of ether oxygens (including phenoxy) is 3. The Labute approximate surface area is 204 Å². The molecular formula is C24H32N6O5. The summed E-state index contributed by atoms with van der Waals surface area (Å²) in [6.45, 7) is 9.58. The molecule has 0 bridgehead atoms. The van der Waals surface area contributed by atoms with Gasteiger partial charge in [-0.2, -0.15) is 15.0 Å². The van der Waals surface area contributed by atoms with Gasteiger partial charge >= 0.3 is 6.08 Å². The minimum absolute atomic E-state index is 0.00459. The normalized spacial score (nSPS) is 11.2. The fourth-order valence-corrected chi connectivity index (χ4v) is 3.06. The molecule has 3 rings (SSSR count). The average Bonchev–Trinajstić information content (AvgIpc) is 3.29. The predicted molar refractivity (Wildman–Crippen MR) is 132 cm³/mol. The van der Waals surface area contributed by atoms with Crippen LogP contribution in [0.3, 0.4) is 0 Å². The van der Waals surface area contributed by atoms with Crippen LogP contribution in [-0.4, -0.2) is 55.2 Å². The number of likely N-dealkylation sites (N-methyl/N-ethyl adjacent to an activating group) is 1. The lowest BCUT2D eigenvalue weighted by Gasteiger charge is -2.20. The maximum Gasteiger partial charge on any atom is 0.399 e. The molecule has 2 aromatic heterocycles. The van der Waals surface area contributed by atoms with E-state index in [1.807, 2.05) is 26.1 Å². The van der Waals surface area contributed by atoms with Crippen molar-refractivity contribution in [2.45, 2.75) is 33.1 Å². The van der Waals surface area contributed by atoms with Gasteiger partial charge in [0.15, 0.2) is 11.4 Å². The van der Waals surface area contributed by atoms with Crippen molar-refractivity contribution < 1.29 is 23.4 Å². The maximum atomic E-state index is 12.9. The van der Waals surface area contributed by atoms with E-state index in [4.69, 9.17) is 18.6 Å². The molecule has 0 unspecified atom stereocenters. The third-order valence-corrected chi connectivity index (χ3v) is 5.09. The fourth-order valence-electron chi connectivity index (χ4n) is 3.06. The molecule has 0 aliphatic carbocycles. The summed E-state index contributed by atoms with van der Waals surface area (Å²) < 4.78 is 21.9. The highest BCUT2D eigenvalue weighted by Gasteiger charge is 2.22.